The van der Waals surface area contributed by atoms with Crippen LogP contribution in [0.2, 0.25) is 0 Å². The van der Waals surface area contributed by atoms with Gasteiger partial charge < -0.3 is 0 Å². The summed E-state index contributed by atoms with van der Waals surface area (Å²) >= 11 is 0. The quantitative estimate of drug-likeness (QED) is 0.284. The van der Waals surface area contributed by atoms with Crippen molar-refractivity contribution < 1.29 is 0 Å². The molecule has 3 aromatic carbocycles. The third-order valence-corrected chi connectivity index (χ3v) is 3.81. The minimum atomic E-state index is 0.670. The highest BCUT2D eigenvalue weighted by atomic mass is 15.4. The Balaban J connectivity index is 2.00. The van der Waals surface area contributed by atoms with Gasteiger partial charge in [-0.3, -0.25) is 0 Å². The van der Waals surface area contributed by atoms with Crippen LogP contribution in [0.25, 0.3) is 24.3 Å². The van der Waals surface area contributed by atoms with Gasteiger partial charge in [0, 0.05) is 5.56 Å². The average molecular weight is 338 g/mol. The molecule has 26 heavy (non-hydrogen) atoms. The van der Waals surface area contributed by atoms with Crippen LogP contribution in [-0.2, 0) is 0 Å². The summed E-state index contributed by atoms with van der Waals surface area (Å²) in [4.78, 5) is 0. The van der Waals surface area contributed by atoms with E-state index in [9.17, 15) is 0 Å². The van der Waals surface area contributed by atoms with Crippen molar-refractivity contribution in [1.29, 1.82) is 5.53 Å². The zero-order valence-electron chi connectivity index (χ0n) is 14.2. The summed E-state index contributed by atoms with van der Waals surface area (Å²) in [5.74, 6) is 0. The molecule has 0 aliphatic rings. The van der Waals surface area contributed by atoms with Crippen LogP contribution in [0.1, 0.15) is 22.3 Å². The van der Waals surface area contributed by atoms with Gasteiger partial charge in [0.05, 0.1) is 5.69 Å². The number of hydrogen-bond acceptors (Lipinski definition) is 2. The van der Waals surface area contributed by atoms with E-state index in [2.05, 4.69) is 39.8 Å². The van der Waals surface area contributed by atoms with Crippen LogP contribution >= 0.6 is 0 Å². The van der Waals surface area contributed by atoms with Gasteiger partial charge in [0.2, 0.25) is 0 Å². The van der Waals surface area contributed by atoms with Crippen molar-refractivity contribution in [3.63, 3.8) is 0 Å². The number of hydrogen-bond donors (Lipinski definition) is 1. The Morgan fingerprint density at radius 1 is 0.615 bits per heavy atom. The molecule has 3 aromatic rings. The summed E-state index contributed by atoms with van der Waals surface area (Å²) < 4.78 is 0. The highest BCUT2D eigenvalue weighted by Crippen LogP contribution is 2.27. The van der Waals surface area contributed by atoms with E-state index in [1.165, 1.54) is 0 Å². The molecular weight excluding hydrogens is 320 g/mol. The average Bonchev–Trinajstić information content (AvgIpc) is 2.71. The predicted molar refractivity (Wildman–Crippen MR) is 107 cm³/mol. The Labute approximate surface area is 152 Å². The summed E-state index contributed by atoms with van der Waals surface area (Å²) in [6, 6.07) is 26.0. The highest BCUT2D eigenvalue weighted by molar-refractivity contribution is 5.84. The molecule has 0 amide bonds. The topological polar surface area (TPSA) is 60.9 Å². The first-order chi connectivity index (χ1) is 12.9. The molecule has 0 unspecified atom stereocenters. The zero-order valence-corrected chi connectivity index (χ0v) is 14.2. The number of nitrogens with zero attached hydrogens (tertiary/aromatic N) is 3. The molecule has 0 radical (unpaired) electrons. The minimum absolute atomic E-state index is 0.670. The Bertz CT molecular complexity index is 942. The van der Waals surface area contributed by atoms with Gasteiger partial charge in [0.25, 0.3) is 0 Å². The Morgan fingerprint density at radius 3 is 1.85 bits per heavy atom. The summed E-state index contributed by atoms with van der Waals surface area (Å²) in [5, 5.41) is 10.5. The molecule has 0 atom stereocenters. The fraction of sp³-hybridized carbons (Fsp3) is 0. The SMILES string of the molecule is N=NN=Nc1cccc(C=Cc2ccccc2)c1C=Cc1ccccc1. The lowest BCUT2D eigenvalue weighted by molar-refractivity contribution is 0.908. The molecule has 126 valence electrons. The Kier molecular flexibility index (Phi) is 5.94. The van der Waals surface area contributed by atoms with Crippen LogP contribution in [0.15, 0.2) is 94.4 Å². The van der Waals surface area contributed by atoms with Crippen molar-refractivity contribution in [2.45, 2.75) is 0 Å². The number of rotatable bonds is 6. The molecule has 0 aliphatic heterocycles. The molecule has 0 aromatic heterocycles. The third-order valence-electron chi connectivity index (χ3n) is 3.81. The molecule has 0 spiro atoms. The molecule has 0 saturated carbocycles. The minimum Gasteiger partial charge on any atom is -0.183 e. The van der Waals surface area contributed by atoms with E-state index in [1.54, 1.807) is 0 Å². The summed E-state index contributed by atoms with van der Waals surface area (Å²) in [7, 11) is 0. The van der Waals surface area contributed by atoms with Crippen molar-refractivity contribution in [2.24, 2.45) is 15.6 Å². The molecule has 0 saturated heterocycles. The molecule has 0 heterocycles. The molecule has 3 rings (SSSR count). The first-order valence-corrected chi connectivity index (χ1v) is 8.23. The molecule has 0 aliphatic carbocycles. The second kappa shape index (κ2) is 8.99. The van der Waals surface area contributed by atoms with Gasteiger partial charge in [0.1, 0.15) is 0 Å². The third kappa shape index (κ3) is 4.68. The van der Waals surface area contributed by atoms with Crippen molar-refractivity contribution in [3.8, 4) is 0 Å². The van der Waals surface area contributed by atoms with E-state index < -0.39 is 0 Å². The van der Waals surface area contributed by atoms with Gasteiger partial charge in [-0.15, -0.1) is 5.11 Å². The monoisotopic (exact) mass is 338 g/mol. The van der Waals surface area contributed by atoms with Crippen LogP contribution in [0.4, 0.5) is 5.69 Å². The second-order valence-electron chi connectivity index (χ2n) is 5.56. The van der Waals surface area contributed by atoms with E-state index in [0.717, 1.165) is 22.3 Å². The zero-order chi connectivity index (χ0) is 18.0. The van der Waals surface area contributed by atoms with E-state index in [0.29, 0.717) is 5.69 Å². The molecular formula is C22H18N4. The standard InChI is InChI=1S/C22H18N4/c23-25-26-24-22-13-7-12-20(16-14-18-8-3-1-4-9-18)21(22)17-15-19-10-5-2-6-11-19/h1-17,23H. The molecule has 1 N–H and O–H groups in total. The van der Waals surface area contributed by atoms with E-state index in [-0.39, 0.29) is 0 Å². The van der Waals surface area contributed by atoms with Crippen LogP contribution in [-0.4, -0.2) is 0 Å². The highest BCUT2D eigenvalue weighted by Gasteiger charge is 2.03. The first-order valence-electron chi connectivity index (χ1n) is 8.23. The molecule has 0 fully saturated rings. The van der Waals surface area contributed by atoms with Crippen LogP contribution < -0.4 is 0 Å². The number of nitrogens with one attached hydrogen (secondary N) is 1. The van der Waals surface area contributed by atoms with Gasteiger partial charge in [0.15, 0.2) is 0 Å². The van der Waals surface area contributed by atoms with Crippen LogP contribution in [0.5, 0.6) is 0 Å². The molecule has 4 heteroatoms. The lowest BCUT2D eigenvalue weighted by Gasteiger charge is -2.05. The maximum Gasteiger partial charge on any atom is 0.0953 e. The van der Waals surface area contributed by atoms with E-state index >= 15 is 0 Å². The fourth-order valence-electron chi connectivity index (χ4n) is 2.55. The second-order valence-corrected chi connectivity index (χ2v) is 5.56. The van der Waals surface area contributed by atoms with Gasteiger partial charge in [-0.1, -0.05) is 97.1 Å². The lowest BCUT2D eigenvalue weighted by Crippen LogP contribution is -1.82. The summed E-state index contributed by atoms with van der Waals surface area (Å²) in [6.45, 7) is 0. The number of benzene rings is 3. The molecule has 4 nitrogen and oxygen atoms in total. The van der Waals surface area contributed by atoms with Crippen LogP contribution in [0.3, 0.4) is 0 Å². The normalized spacial score (nSPS) is 11.5. The summed E-state index contributed by atoms with van der Waals surface area (Å²) in [6.07, 6.45) is 8.16. The van der Waals surface area contributed by atoms with Crippen molar-refractivity contribution in [2.75, 3.05) is 0 Å². The van der Waals surface area contributed by atoms with Crippen molar-refractivity contribution >= 4 is 30.0 Å². The van der Waals surface area contributed by atoms with Gasteiger partial charge >= 0.3 is 0 Å². The maximum absolute atomic E-state index is 6.84. The van der Waals surface area contributed by atoms with E-state index in [4.69, 9.17) is 5.53 Å². The molecule has 0 bridgehead atoms. The largest absolute Gasteiger partial charge is 0.183 e. The van der Waals surface area contributed by atoms with Gasteiger partial charge in [-0.05, 0) is 33.2 Å². The Morgan fingerprint density at radius 2 is 1.23 bits per heavy atom. The van der Waals surface area contributed by atoms with E-state index in [1.807, 2.05) is 78.9 Å². The van der Waals surface area contributed by atoms with Crippen molar-refractivity contribution in [3.05, 3.63) is 101 Å². The smallest absolute Gasteiger partial charge is 0.0953 e. The first kappa shape index (κ1) is 17.2. The fourth-order valence-corrected chi connectivity index (χ4v) is 2.55. The summed E-state index contributed by atoms with van der Waals surface area (Å²) in [5.41, 5.74) is 11.7. The predicted octanol–water partition coefficient (Wildman–Crippen LogP) is 7.06. The van der Waals surface area contributed by atoms with Gasteiger partial charge in [-0.25, -0.2) is 0 Å². The lowest BCUT2D eigenvalue weighted by atomic mass is 10.0. The van der Waals surface area contributed by atoms with Gasteiger partial charge in [-0.2, -0.15) is 5.53 Å². The van der Waals surface area contributed by atoms with Crippen LogP contribution in [0, 0.1) is 5.53 Å². The Hall–Kier alpha value is -3.66. The maximum atomic E-state index is 6.84. The van der Waals surface area contributed by atoms with Crippen molar-refractivity contribution in [1.82, 2.24) is 0 Å².